The third kappa shape index (κ3) is 4.03. The van der Waals surface area contributed by atoms with Crippen molar-refractivity contribution < 1.29 is 38.1 Å². The summed E-state index contributed by atoms with van der Waals surface area (Å²) < 4.78 is 29.0. The molecule has 6 rings (SSSR count). The highest BCUT2D eigenvalue weighted by atomic mass is 16.7. The molecule has 0 spiro atoms. The number of ether oxygens (including phenoxy) is 5. The molecule has 2 bridgehead atoms. The Balaban J connectivity index is 1.20. The highest BCUT2D eigenvalue weighted by Crippen LogP contribution is 2.52. The number of carbonyl (C=O) groups excluding carboxylic acids is 3. The fraction of sp³-hybridized carbons (Fsp3) is 0.654. The maximum absolute atomic E-state index is 13.7. The molecule has 4 aliphatic heterocycles. The van der Waals surface area contributed by atoms with Crippen LogP contribution in [0.15, 0.2) is 30.3 Å². The monoisotopic (exact) mass is 485 g/mol. The lowest BCUT2D eigenvalue weighted by Crippen LogP contribution is -2.50. The lowest BCUT2D eigenvalue weighted by molar-refractivity contribution is -0.178. The number of benzene rings is 1. The van der Waals surface area contributed by atoms with Crippen LogP contribution >= 0.6 is 0 Å². The molecule has 0 amide bonds. The molecule has 5 aliphatic rings. The van der Waals surface area contributed by atoms with Gasteiger partial charge in [-0.3, -0.25) is 19.3 Å². The predicted molar refractivity (Wildman–Crippen MR) is 120 cm³/mol. The molecule has 5 fully saturated rings. The number of morpholine rings is 1. The summed E-state index contributed by atoms with van der Waals surface area (Å²) in [7, 11) is 0. The molecule has 6 atom stereocenters. The first-order valence-corrected chi connectivity index (χ1v) is 12.7. The van der Waals surface area contributed by atoms with E-state index in [1.165, 1.54) is 0 Å². The van der Waals surface area contributed by atoms with Crippen molar-refractivity contribution in [1.29, 1.82) is 0 Å². The fourth-order valence-electron chi connectivity index (χ4n) is 6.45. The molecule has 4 saturated heterocycles. The average Bonchev–Trinajstić information content (AvgIpc) is 3.50. The third-order valence-corrected chi connectivity index (χ3v) is 8.16. The Bertz CT molecular complexity index is 971. The Morgan fingerprint density at radius 2 is 1.74 bits per heavy atom. The number of hydrogen-bond acceptors (Lipinski definition) is 9. The Hall–Kier alpha value is -2.49. The molecule has 6 unspecified atom stereocenters. The van der Waals surface area contributed by atoms with Crippen LogP contribution in [0, 0.1) is 11.8 Å². The molecular weight excluding hydrogens is 454 g/mol. The van der Waals surface area contributed by atoms with E-state index >= 15 is 0 Å². The predicted octanol–water partition coefficient (Wildman–Crippen LogP) is 1.57. The molecular formula is C26H31NO8. The number of nitrogens with zero attached hydrogens (tertiary/aromatic N) is 1. The second-order valence-corrected chi connectivity index (χ2v) is 10.2. The van der Waals surface area contributed by atoms with Crippen molar-refractivity contribution in [2.24, 2.45) is 11.8 Å². The van der Waals surface area contributed by atoms with Gasteiger partial charge in [-0.05, 0) is 31.2 Å². The molecule has 1 aromatic carbocycles. The zero-order valence-electron chi connectivity index (χ0n) is 19.6. The van der Waals surface area contributed by atoms with Gasteiger partial charge >= 0.3 is 17.9 Å². The molecule has 35 heavy (non-hydrogen) atoms. The van der Waals surface area contributed by atoms with Crippen molar-refractivity contribution in [3.05, 3.63) is 35.9 Å². The summed E-state index contributed by atoms with van der Waals surface area (Å²) in [4.78, 5) is 41.1. The number of carbonyl (C=O) groups is 3. The number of rotatable bonds is 6. The summed E-state index contributed by atoms with van der Waals surface area (Å²) in [5.74, 6) is -2.95. The van der Waals surface area contributed by atoms with Crippen LogP contribution in [0.4, 0.5) is 0 Å². The summed E-state index contributed by atoms with van der Waals surface area (Å²) in [6.45, 7) is 2.57. The van der Waals surface area contributed by atoms with Crippen LogP contribution in [0.2, 0.25) is 0 Å². The zero-order chi connectivity index (χ0) is 24.0. The van der Waals surface area contributed by atoms with Gasteiger partial charge in [-0.25, -0.2) is 0 Å². The van der Waals surface area contributed by atoms with E-state index in [-0.39, 0.29) is 6.54 Å². The second kappa shape index (κ2) is 9.19. The van der Waals surface area contributed by atoms with Crippen molar-refractivity contribution in [2.45, 2.75) is 62.1 Å². The van der Waals surface area contributed by atoms with Crippen molar-refractivity contribution in [3.63, 3.8) is 0 Å². The molecule has 4 heterocycles. The first kappa shape index (κ1) is 22.9. The normalized spacial score (nSPS) is 35.5. The summed E-state index contributed by atoms with van der Waals surface area (Å²) >= 11 is 0. The molecule has 1 aliphatic carbocycles. The topological polar surface area (TPSA) is 101 Å². The smallest absolute Gasteiger partial charge is 0.320 e. The summed E-state index contributed by atoms with van der Waals surface area (Å²) in [6, 6.07) is 9.82. The maximum atomic E-state index is 13.7. The zero-order valence-corrected chi connectivity index (χ0v) is 19.6. The standard InChI is InChI=1S/C26H31NO8/c28-17(15-27-11-13-31-14-12-27)32-22-21-19(18-20(33-21)23(22)34-24(18)29)25(30)35-26(9-5-2-6-10-26)16-7-3-1-4-8-16/h1,3-4,7-8,18-23H,2,5-6,9-15H2. The van der Waals surface area contributed by atoms with Crippen LogP contribution in [0.5, 0.6) is 0 Å². The fourth-order valence-corrected chi connectivity index (χ4v) is 6.45. The van der Waals surface area contributed by atoms with Crippen LogP contribution < -0.4 is 0 Å². The van der Waals surface area contributed by atoms with Crippen LogP contribution in [0.25, 0.3) is 0 Å². The molecule has 9 nitrogen and oxygen atoms in total. The van der Waals surface area contributed by atoms with Gasteiger partial charge in [0.05, 0.1) is 19.8 Å². The van der Waals surface area contributed by atoms with Crippen molar-refractivity contribution >= 4 is 17.9 Å². The molecule has 0 radical (unpaired) electrons. The van der Waals surface area contributed by atoms with Gasteiger partial charge < -0.3 is 23.7 Å². The van der Waals surface area contributed by atoms with Gasteiger partial charge in [0.15, 0.2) is 12.2 Å². The number of hydrogen-bond donors (Lipinski definition) is 0. The SMILES string of the molecule is O=C(CN1CCOCC1)OC1C2OC(=O)C3C2OC1C3C(=O)OC1(c2ccccc2)CCCCC1. The highest BCUT2D eigenvalue weighted by molar-refractivity contribution is 5.87. The van der Waals surface area contributed by atoms with E-state index < -0.39 is 59.8 Å². The number of esters is 3. The first-order valence-electron chi connectivity index (χ1n) is 12.7. The van der Waals surface area contributed by atoms with Crippen molar-refractivity contribution in [3.8, 4) is 0 Å². The minimum Gasteiger partial charge on any atom is -0.455 e. The lowest BCUT2D eigenvalue weighted by atomic mass is 9.77. The van der Waals surface area contributed by atoms with Gasteiger partial charge in [0, 0.05) is 13.1 Å². The summed E-state index contributed by atoms with van der Waals surface area (Å²) in [5, 5.41) is 0. The number of fused-ring (bicyclic) bond motifs is 1. The van der Waals surface area contributed by atoms with Crippen LogP contribution in [0.3, 0.4) is 0 Å². The molecule has 0 N–H and O–H groups in total. The molecule has 188 valence electrons. The van der Waals surface area contributed by atoms with Gasteiger partial charge in [0.1, 0.15) is 29.6 Å². The molecule has 0 aromatic heterocycles. The van der Waals surface area contributed by atoms with E-state index in [9.17, 15) is 14.4 Å². The highest BCUT2D eigenvalue weighted by Gasteiger charge is 2.72. The van der Waals surface area contributed by atoms with Gasteiger partial charge in [0.25, 0.3) is 0 Å². The first-order chi connectivity index (χ1) is 17.1. The Labute approximate surface area is 204 Å². The van der Waals surface area contributed by atoms with Gasteiger partial charge in [-0.1, -0.05) is 36.8 Å². The van der Waals surface area contributed by atoms with E-state index in [1.54, 1.807) is 0 Å². The van der Waals surface area contributed by atoms with E-state index in [0.717, 1.165) is 37.7 Å². The quantitative estimate of drug-likeness (QED) is 0.439. The van der Waals surface area contributed by atoms with Gasteiger partial charge in [0.2, 0.25) is 0 Å². The van der Waals surface area contributed by atoms with E-state index in [4.69, 9.17) is 23.7 Å². The Kier molecular flexibility index (Phi) is 6.02. The van der Waals surface area contributed by atoms with E-state index in [0.29, 0.717) is 26.3 Å². The maximum Gasteiger partial charge on any atom is 0.320 e. The van der Waals surface area contributed by atoms with Crippen LogP contribution in [0.1, 0.15) is 37.7 Å². The summed E-state index contributed by atoms with van der Waals surface area (Å²) in [5.41, 5.74) is 0.250. The molecule has 1 saturated carbocycles. The van der Waals surface area contributed by atoms with Gasteiger partial charge in [-0.2, -0.15) is 0 Å². The Morgan fingerprint density at radius 1 is 1.00 bits per heavy atom. The minimum absolute atomic E-state index is 0.119. The largest absolute Gasteiger partial charge is 0.455 e. The third-order valence-electron chi connectivity index (χ3n) is 8.16. The Morgan fingerprint density at radius 3 is 2.49 bits per heavy atom. The van der Waals surface area contributed by atoms with Gasteiger partial charge in [-0.15, -0.1) is 0 Å². The van der Waals surface area contributed by atoms with E-state index in [2.05, 4.69) is 0 Å². The lowest BCUT2D eigenvalue weighted by Gasteiger charge is -2.39. The van der Waals surface area contributed by atoms with E-state index in [1.807, 2.05) is 35.2 Å². The van der Waals surface area contributed by atoms with Crippen LogP contribution in [-0.2, 0) is 43.7 Å². The summed E-state index contributed by atoms with van der Waals surface area (Å²) in [6.07, 6.45) is 1.67. The van der Waals surface area contributed by atoms with Crippen LogP contribution in [-0.4, -0.2) is 80.1 Å². The second-order valence-electron chi connectivity index (χ2n) is 10.2. The average molecular weight is 486 g/mol. The molecule has 9 heteroatoms. The molecule has 1 aromatic rings. The van der Waals surface area contributed by atoms with Crippen molar-refractivity contribution in [2.75, 3.05) is 32.8 Å². The minimum atomic E-state index is -0.852. The van der Waals surface area contributed by atoms with Crippen molar-refractivity contribution in [1.82, 2.24) is 4.90 Å².